The third-order valence-electron chi connectivity index (χ3n) is 3.80. The van der Waals surface area contributed by atoms with E-state index in [9.17, 15) is 14.4 Å². The monoisotopic (exact) mass is 324 g/mol. The van der Waals surface area contributed by atoms with Crippen molar-refractivity contribution < 1.29 is 19.1 Å². The lowest BCUT2D eigenvalue weighted by Gasteiger charge is -2.19. The predicted molar refractivity (Wildman–Crippen MR) is 88.0 cm³/mol. The molecule has 24 heavy (non-hydrogen) atoms. The van der Waals surface area contributed by atoms with Gasteiger partial charge in [0.25, 0.3) is 11.8 Å². The number of fused-ring (bicyclic) bond motifs is 1. The first-order chi connectivity index (χ1) is 11.5. The fourth-order valence-electron chi connectivity index (χ4n) is 2.60. The lowest BCUT2D eigenvalue weighted by molar-refractivity contribution is 0.0880. The summed E-state index contributed by atoms with van der Waals surface area (Å²) in [6, 6.07) is 12.6. The molecule has 0 saturated carbocycles. The van der Waals surface area contributed by atoms with Crippen LogP contribution >= 0.6 is 0 Å². The minimum Gasteiger partial charge on any atom is -0.444 e. The summed E-state index contributed by atoms with van der Waals surface area (Å²) < 4.78 is 5.28. The number of benzene rings is 2. The molecule has 0 spiro atoms. The first-order valence-corrected chi connectivity index (χ1v) is 7.42. The van der Waals surface area contributed by atoms with Crippen LogP contribution in [0.15, 0.2) is 42.5 Å². The molecule has 2 aromatic carbocycles. The van der Waals surface area contributed by atoms with Crippen molar-refractivity contribution in [3.63, 3.8) is 0 Å². The smallest absolute Gasteiger partial charge is 0.414 e. The zero-order valence-electron chi connectivity index (χ0n) is 13.3. The van der Waals surface area contributed by atoms with Gasteiger partial charge in [-0.1, -0.05) is 30.3 Å². The van der Waals surface area contributed by atoms with Gasteiger partial charge in [0.05, 0.1) is 16.8 Å². The van der Waals surface area contributed by atoms with Crippen molar-refractivity contribution in [1.82, 2.24) is 5.32 Å². The van der Waals surface area contributed by atoms with Gasteiger partial charge in [0, 0.05) is 7.05 Å². The Labute approximate surface area is 139 Å². The van der Waals surface area contributed by atoms with E-state index in [2.05, 4.69) is 5.32 Å². The average Bonchev–Trinajstić information content (AvgIpc) is 2.86. The lowest BCUT2D eigenvalue weighted by atomic mass is 10.0. The number of anilines is 1. The van der Waals surface area contributed by atoms with Crippen LogP contribution < -0.4 is 10.2 Å². The molecule has 0 fully saturated rings. The molecule has 3 amide bonds. The zero-order chi connectivity index (χ0) is 17.3. The highest BCUT2D eigenvalue weighted by atomic mass is 16.6. The summed E-state index contributed by atoms with van der Waals surface area (Å²) in [6.45, 7) is 1.92. The van der Waals surface area contributed by atoms with Crippen molar-refractivity contribution in [1.29, 1.82) is 0 Å². The Morgan fingerprint density at radius 1 is 1.12 bits per heavy atom. The second kappa shape index (κ2) is 6.16. The topological polar surface area (TPSA) is 75.7 Å². The van der Waals surface area contributed by atoms with Gasteiger partial charge in [-0.25, -0.2) is 4.79 Å². The maximum atomic E-state index is 12.3. The van der Waals surface area contributed by atoms with Crippen LogP contribution in [0.4, 0.5) is 10.5 Å². The highest BCUT2D eigenvalue weighted by Gasteiger charge is 2.32. The summed E-state index contributed by atoms with van der Waals surface area (Å²) in [5.41, 5.74) is 2.46. The van der Waals surface area contributed by atoms with Crippen LogP contribution in [0.5, 0.6) is 0 Å². The summed E-state index contributed by atoms with van der Waals surface area (Å²) in [5.74, 6) is -0.960. The first-order valence-electron chi connectivity index (χ1n) is 7.42. The summed E-state index contributed by atoms with van der Waals surface area (Å²) in [5, 5.41) is 2.24. The number of ether oxygens (including phenoxy) is 1. The summed E-state index contributed by atoms with van der Waals surface area (Å²) in [4.78, 5) is 37.4. The molecule has 0 saturated heterocycles. The van der Waals surface area contributed by atoms with Crippen LogP contribution in [-0.2, 0) is 11.3 Å². The molecular weight excluding hydrogens is 308 g/mol. The van der Waals surface area contributed by atoms with E-state index >= 15 is 0 Å². The van der Waals surface area contributed by atoms with E-state index in [1.165, 1.54) is 11.9 Å². The molecular formula is C18H16N2O4. The molecule has 0 unspecified atom stereocenters. The Hall–Kier alpha value is -3.15. The van der Waals surface area contributed by atoms with E-state index in [0.29, 0.717) is 5.69 Å². The molecule has 0 aromatic heterocycles. The van der Waals surface area contributed by atoms with Crippen molar-refractivity contribution in [3.05, 3.63) is 64.7 Å². The van der Waals surface area contributed by atoms with Crippen LogP contribution in [0, 0.1) is 6.92 Å². The number of hydrogen-bond donors (Lipinski definition) is 1. The molecule has 0 bridgehead atoms. The van der Waals surface area contributed by atoms with Crippen molar-refractivity contribution >= 4 is 23.6 Å². The summed E-state index contributed by atoms with van der Waals surface area (Å²) >= 11 is 0. The third kappa shape index (κ3) is 2.86. The second-order valence-electron chi connectivity index (χ2n) is 5.59. The van der Waals surface area contributed by atoms with Crippen molar-refractivity contribution in [3.8, 4) is 0 Å². The van der Waals surface area contributed by atoms with Gasteiger partial charge in [-0.15, -0.1) is 0 Å². The van der Waals surface area contributed by atoms with Gasteiger partial charge in [0.1, 0.15) is 6.61 Å². The Bertz CT molecular complexity index is 830. The van der Waals surface area contributed by atoms with Crippen LogP contribution in [0.25, 0.3) is 0 Å². The standard InChI is InChI=1S/C18H16N2O4/c1-11-8-13-15(17(22)19-16(13)21)14(9-11)20(2)18(23)24-10-12-6-4-3-5-7-12/h3-9H,10H2,1-2H3,(H,19,21,22). The van der Waals surface area contributed by atoms with E-state index in [1.54, 1.807) is 19.1 Å². The molecule has 2 aromatic rings. The Kier molecular flexibility index (Phi) is 4.04. The zero-order valence-corrected chi connectivity index (χ0v) is 13.3. The maximum absolute atomic E-state index is 12.3. The van der Waals surface area contributed by atoms with Crippen molar-refractivity contribution in [2.75, 3.05) is 11.9 Å². The van der Waals surface area contributed by atoms with Gasteiger partial charge in [-0.2, -0.15) is 0 Å². The molecule has 1 N–H and O–H groups in total. The molecule has 0 atom stereocenters. The normalized spacial score (nSPS) is 12.6. The second-order valence-corrected chi connectivity index (χ2v) is 5.59. The van der Waals surface area contributed by atoms with E-state index in [1.807, 2.05) is 30.3 Å². The molecule has 0 aliphatic carbocycles. The van der Waals surface area contributed by atoms with Crippen molar-refractivity contribution in [2.24, 2.45) is 0 Å². The number of aryl methyl sites for hydroxylation is 1. The molecule has 6 nitrogen and oxygen atoms in total. The predicted octanol–water partition coefficient (Wildman–Crippen LogP) is 2.65. The quantitative estimate of drug-likeness (QED) is 0.881. The van der Waals surface area contributed by atoms with E-state index in [4.69, 9.17) is 4.74 Å². The fourth-order valence-corrected chi connectivity index (χ4v) is 2.60. The highest BCUT2D eigenvalue weighted by Crippen LogP contribution is 2.29. The van der Waals surface area contributed by atoms with Gasteiger partial charge in [-0.05, 0) is 30.2 Å². The summed E-state index contributed by atoms with van der Waals surface area (Å²) in [6.07, 6.45) is -0.598. The number of carbonyl (C=O) groups is 3. The maximum Gasteiger partial charge on any atom is 0.414 e. The summed E-state index contributed by atoms with van der Waals surface area (Å²) in [7, 11) is 1.51. The molecule has 1 aliphatic rings. The van der Waals surface area contributed by atoms with Crippen molar-refractivity contribution in [2.45, 2.75) is 13.5 Å². The number of rotatable bonds is 3. The van der Waals surface area contributed by atoms with Crippen LogP contribution in [0.3, 0.4) is 0 Å². The minimum absolute atomic E-state index is 0.128. The molecule has 6 heteroatoms. The number of hydrogen-bond acceptors (Lipinski definition) is 4. The van der Waals surface area contributed by atoms with Gasteiger partial charge in [0.15, 0.2) is 0 Å². The van der Waals surface area contributed by atoms with Crippen LogP contribution in [-0.4, -0.2) is 25.0 Å². The third-order valence-corrected chi connectivity index (χ3v) is 3.80. The first kappa shape index (κ1) is 15.7. The van der Waals surface area contributed by atoms with Gasteiger partial charge >= 0.3 is 6.09 Å². The number of nitrogens with one attached hydrogen (secondary N) is 1. The van der Waals surface area contributed by atoms with Gasteiger partial charge in [0.2, 0.25) is 0 Å². The number of imide groups is 1. The SMILES string of the molecule is Cc1cc2c(c(N(C)C(=O)OCc3ccccc3)c1)C(=O)NC2=O. The Balaban J connectivity index is 1.84. The number of amides is 3. The van der Waals surface area contributed by atoms with Gasteiger partial charge in [-0.3, -0.25) is 19.8 Å². The van der Waals surface area contributed by atoms with E-state index < -0.39 is 17.9 Å². The lowest BCUT2D eigenvalue weighted by Crippen LogP contribution is -2.29. The highest BCUT2D eigenvalue weighted by molar-refractivity contribution is 6.24. The molecule has 122 valence electrons. The molecule has 1 aliphatic heterocycles. The van der Waals surface area contributed by atoms with E-state index in [-0.39, 0.29) is 17.7 Å². The number of nitrogens with zero attached hydrogens (tertiary/aromatic N) is 1. The molecule has 3 rings (SSSR count). The molecule has 0 radical (unpaired) electrons. The largest absolute Gasteiger partial charge is 0.444 e. The Morgan fingerprint density at radius 2 is 1.83 bits per heavy atom. The van der Waals surface area contributed by atoms with E-state index in [0.717, 1.165) is 11.1 Å². The van der Waals surface area contributed by atoms with Crippen LogP contribution in [0.2, 0.25) is 0 Å². The Morgan fingerprint density at radius 3 is 2.54 bits per heavy atom. The average molecular weight is 324 g/mol. The van der Waals surface area contributed by atoms with Crippen LogP contribution in [0.1, 0.15) is 31.8 Å². The number of carbonyl (C=O) groups excluding carboxylic acids is 3. The molecule has 1 heterocycles. The minimum atomic E-state index is -0.598. The van der Waals surface area contributed by atoms with Gasteiger partial charge < -0.3 is 4.74 Å². The fraction of sp³-hybridized carbons (Fsp3) is 0.167.